The van der Waals surface area contributed by atoms with Gasteiger partial charge in [0, 0.05) is 18.0 Å². The number of hydrogen-bond donors (Lipinski definition) is 1. The lowest BCUT2D eigenvalue weighted by molar-refractivity contribution is 0.0722. The van der Waals surface area contributed by atoms with Crippen LogP contribution in [-0.2, 0) is 5.60 Å². The lowest BCUT2D eigenvalue weighted by atomic mass is 9.85. The Morgan fingerprint density at radius 1 is 1.43 bits per heavy atom. The fourth-order valence-corrected chi connectivity index (χ4v) is 1.88. The van der Waals surface area contributed by atoms with Crippen LogP contribution in [0, 0.1) is 6.92 Å². The predicted octanol–water partition coefficient (Wildman–Crippen LogP) is 2.32. The number of allylic oxidation sites excluding steroid dienone is 1. The highest BCUT2D eigenvalue weighted by Crippen LogP contribution is 2.31. The number of aliphatic hydroxyl groups is 1. The molecule has 1 aliphatic rings. The number of aromatic nitrogens is 1. The second-order valence-electron chi connectivity index (χ2n) is 3.97. The summed E-state index contributed by atoms with van der Waals surface area (Å²) < 4.78 is 0. The summed E-state index contributed by atoms with van der Waals surface area (Å²) in [4.78, 5) is 4.11. The zero-order valence-corrected chi connectivity index (χ0v) is 8.40. The molecule has 1 aliphatic carbocycles. The van der Waals surface area contributed by atoms with Gasteiger partial charge >= 0.3 is 0 Å². The Labute approximate surface area is 84.3 Å². The molecule has 1 aromatic heterocycles. The normalized spacial score (nSPS) is 26.4. The molecular formula is C12H15NO. The molecule has 1 aromatic rings. The number of pyridine rings is 1. The van der Waals surface area contributed by atoms with Crippen LogP contribution in [0.2, 0.25) is 0 Å². The van der Waals surface area contributed by atoms with Gasteiger partial charge in [0.25, 0.3) is 0 Å². The number of aryl methyl sites for hydroxylation is 1. The van der Waals surface area contributed by atoms with E-state index in [1.165, 1.54) is 0 Å². The summed E-state index contributed by atoms with van der Waals surface area (Å²) in [5.41, 5.74) is 1.22. The van der Waals surface area contributed by atoms with E-state index in [4.69, 9.17) is 0 Å². The number of hydrogen-bond acceptors (Lipinski definition) is 2. The molecule has 0 saturated carbocycles. The van der Waals surface area contributed by atoms with E-state index in [0.29, 0.717) is 0 Å². The van der Waals surface area contributed by atoms with Gasteiger partial charge in [0.15, 0.2) is 0 Å². The van der Waals surface area contributed by atoms with Gasteiger partial charge in [-0.15, -0.1) is 0 Å². The van der Waals surface area contributed by atoms with Crippen molar-refractivity contribution in [1.29, 1.82) is 0 Å². The Bertz CT molecular complexity index is 359. The summed E-state index contributed by atoms with van der Waals surface area (Å²) in [6.07, 6.45) is 10.4. The SMILES string of the molecule is Cc1cncc(C2(O)C=CCCC2)c1. The van der Waals surface area contributed by atoms with Crippen molar-refractivity contribution in [2.24, 2.45) is 0 Å². The van der Waals surface area contributed by atoms with Gasteiger partial charge in [0.05, 0.1) is 0 Å². The van der Waals surface area contributed by atoms with Crippen molar-refractivity contribution in [1.82, 2.24) is 4.98 Å². The summed E-state index contributed by atoms with van der Waals surface area (Å²) >= 11 is 0. The van der Waals surface area contributed by atoms with Crippen molar-refractivity contribution >= 4 is 0 Å². The number of rotatable bonds is 1. The molecule has 1 heterocycles. The van der Waals surface area contributed by atoms with Crippen LogP contribution in [0.3, 0.4) is 0 Å². The van der Waals surface area contributed by atoms with Crippen molar-refractivity contribution < 1.29 is 5.11 Å². The Morgan fingerprint density at radius 3 is 2.93 bits per heavy atom. The molecule has 0 saturated heterocycles. The Kier molecular flexibility index (Phi) is 2.38. The molecule has 1 atom stereocenters. The van der Waals surface area contributed by atoms with Crippen LogP contribution in [-0.4, -0.2) is 10.1 Å². The lowest BCUT2D eigenvalue weighted by Gasteiger charge is -2.27. The van der Waals surface area contributed by atoms with Crippen LogP contribution < -0.4 is 0 Å². The Hall–Kier alpha value is -1.15. The second kappa shape index (κ2) is 3.54. The molecule has 1 unspecified atom stereocenters. The van der Waals surface area contributed by atoms with E-state index in [0.717, 1.165) is 30.4 Å². The van der Waals surface area contributed by atoms with Crippen molar-refractivity contribution in [3.05, 3.63) is 41.7 Å². The van der Waals surface area contributed by atoms with Crippen LogP contribution in [0.15, 0.2) is 30.6 Å². The molecule has 0 fully saturated rings. The Balaban J connectivity index is 2.37. The first kappa shape index (κ1) is 9.41. The maximum atomic E-state index is 10.3. The molecule has 1 N–H and O–H groups in total. The largest absolute Gasteiger partial charge is 0.381 e. The van der Waals surface area contributed by atoms with Gasteiger partial charge < -0.3 is 5.11 Å². The Morgan fingerprint density at radius 2 is 2.29 bits per heavy atom. The van der Waals surface area contributed by atoms with E-state index < -0.39 is 5.60 Å². The van der Waals surface area contributed by atoms with Gasteiger partial charge in [-0.25, -0.2) is 0 Å². The third-order valence-corrected chi connectivity index (χ3v) is 2.70. The van der Waals surface area contributed by atoms with E-state index >= 15 is 0 Å². The molecule has 0 aromatic carbocycles. The first-order chi connectivity index (χ1) is 6.71. The van der Waals surface area contributed by atoms with E-state index in [2.05, 4.69) is 4.98 Å². The van der Waals surface area contributed by atoms with E-state index in [1.54, 1.807) is 12.4 Å². The van der Waals surface area contributed by atoms with E-state index in [1.807, 2.05) is 25.1 Å². The third kappa shape index (κ3) is 1.70. The summed E-state index contributed by atoms with van der Waals surface area (Å²) in [6, 6.07) is 2.00. The topological polar surface area (TPSA) is 33.1 Å². The lowest BCUT2D eigenvalue weighted by Crippen LogP contribution is -2.25. The minimum Gasteiger partial charge on any atom is -0.381 e. The molecule has 74 valence electrons. The molecule has 0 amide bonds. The van der Waals surface area contributed by atoms with Gasteiger partial charge in [-0.2, -0.15) is 0 Å². The molecule has 0 radical (unpaired) electrons. The first-order valence-corrected chi connectivity index (χ1v) is 5.03. The smallest absolute Gasteiger partial charge is 0.109 e. The van der Waals surface area contributed by atoms with Crippen molar-refractivity contribution in [2.45, 2.75) is 31.8 Å². The van der Waals surface area contributed by atoms with Crippen molar-refractivity contribution in [3.8, 4) is 0 Å². The second-order valence-corrected chi connectivity index (χ2v) is 3.97. The summed E-state index contributed by atoms with van der Waals surface area (Å²) in [5, 5.41) is 10.3. The number of nitrogens with zero attached hydrogens (tertiary/aromatic N) is 1. The molecule has 2 nitrogen and oxygen atoms in total. The van der Waals surface area contributed by atoms with Gasteiger partial charge in [-0.3, -0.25) is 4.98 Å². The van der Waals surface area contributed by atoms with Crippen LogP contribution in [0.1, 0.15) is 30.4 Å². The maximum Gasteiger partial charge on any atom is 0.109 e. The summed E-state index contributed by atoms with van der Waals surface area (Å²) in [6.45, 7) is 1.99. The minimum absolute atomic E-state index is 0.780. The highest BCUT2D eigenvalue weighted by atomic mass is 16.3. The molecule has 2 heteroatoms. The van der Waals surface area contributed by atoms with Crippen molar-refractivity contribution in [2.75, 3.05) is 0 Å². The van der Waals surface area contributed by atoms with Crippen molar-refractivity contribution in [3.63, 3.8) is 0 Å². The van der Waals surface area contributed by atoms with Crippen LogP contribution in [0.5, 0.6) is 0 Å². The maximum absolute atomic E-state index is 10.3. The highest BCUT2D eigenvalue weighted by molar-refractivity contribution is 5.28. The highest BCUT2D eigenvalue weighted by Gasteiger charge is 2.27. The molecule has 0 aliphatic heterocycles. The molecular weight excluding hydrogens is 174 g/mol. The van der Waals surface area contributed by atoms with Gasteiger partial charge in [0.1, 0.15) is 5.60 Å². The van der Waals surface area contributed by atoms with Crippen LogP contribution >= 0.6 is 0 Å². The predicted molar refractivity (Wildman–Crippen MR) is 55.9 cm³/mol. The molecule has 0 spiro atoms. The van der Waals surface area contributed by atoms with Gasteiger partial charge in [0.2, 0.25) is 0 Å². The quantitative estimate of drug-likeness (QED) is 0.688. The monoisotopic (exact) mass is 189 g/mol. The van der Waals surface area contributed by atoms with Gasteiger partial charge in [-0.05, 0) is 37.8 Å². The zero-order chi connectivity index (χ0) is 10.0. The fourth-order valence-electron chi connectivity index (χ4n) is 1.88. The average Bonchev–Trinajstić information content (AvgIpc) is 2.19. The van der Waals surface area contributed by atoms with Crippen LogP contribution in [0.25, 0.3) is 0 Å². The van der Waals surface area contributed by atoms with E-state index in [-0.39, 0.29) is 0 Å². The minimum atomic E-state index is -0.780. The average molecular weight is 189 g/mol. The first-order valence-electron chi connectivity index (χ1n) is 5.03. The standard InChI is InChI=1S/C12H15NO/c1-10-7-11(9-13-8-10)12(14)5-3-2-4-6-12/h3,5,7-9,14H,2,4,6H2,1H3. The fraction of sp³-hybridized carbons (Fsp3) is 0.417. The third-order valence-electron chi connectivity index (χ3n) is 2.70. The van der Waals surface area contributed by atoms with E-state index in [9.17, 15) is 5.11 Å². The summed E-state index contributed by atoms with van der Waals surface area (Å²) in [7, 11) is 0. The molecule has 2 rings (SSSR count). The van der Waals surface area contributed by atoms with Crippen LogP contribution in [0.4, 0.5) is 0 Å². The summed E-state index contributed by atoms with van der Waals surface area (Å²) in [5.74, 6) is 0. The van der Waals surface area contributed by atoms with Gasteiger partial charge in [-0.1, -0.05) is 12.2 Å². The zero-order valence-electron chi connectivity index (χ0n) is 8.40. The molecule has 14 heavy (non-hydrogen) atoms. The molecule has 0 bridgehead atoms.